The fourth-order valence-electron chi connectivity index (χ4n) is 4.86. The number of ether oxygens (including phenoxy) is 1. The molecular weight excluding hydrogens is 362 g/mol. The molecule has 1 N–H and O–H groups in total. The SMILES string of the molecule is CCNC(=NCCCN1CCCC1)N1CC2OCCN(Cc3ccccc3)C2C1. The molecule has 3 saturated heterocycles. The van der Waals surface area contributed by atoms with Gasteiger partial charge in [-0.25, -0.2) is 0 Å². The summed E-state index contributed by atoms with van der Waals surface area (Å²) in [4.78, 5) is 12.5. The average Bonchev–Trinajstić information content (AvgIpc) is 3.41. The molecule has 6 nitrogen and oxygen atoms in total. The molecule has 4 rings (SSSR count). The molecule has 3 aliphatic heterocycles. The van der Waals surface area contributed by atoms with Crippen LogP contribution in [0.2, 0.25) is 0 Å². The van der Waals surface area contributed by atoms with Crippen molar-refractivity contribution in [2.45, 2.75) is 44.9 Å². The van der Waals surface area contributed by atoms with Crippen LogP contribution in [0.15, 0.2) is 35.3 Å². The van der Waals surface area contributed by atoms with E-state index in [9.17, 15) is 0 Å². The molecule has 1 aromatic rings. The van der Waals surface area contributed by atoms with Gasteiger partial charge in [-0.1, -0.05) is 30.3 Å². The normalized spacial score (nSPS) is 26.1. The number of hydrogen-bond acceptors (Lipinski definition) is 4. The summed E-state index contributed by atoms with van der Waals surface area (Å²) >= 11 is 0. The number of aliphatic imine (C=N–C) groups is 1. The van der Waals surface area contributed by atoms with Crippen LogP contribution in [0.4, 0.5) is 0 Å². The first-order chi connectivity index (χ1) is 14.3. The second-order valence-electron chi connectivity index (χ2n) is 8.48. The number of likely N-dealkylation sites (tertiary alicyclic amines) is 2. The van der Waals surface area contributed by atoms with E-state index in [0.717, 1.165) is 58.3 Å². The highest BCUT2D eigenvalue weighted by Crippen LogP contribution is 2.24. The summed E-state index contributed by atoms with van der Waals surface area (Å²) in [6.45, 7) is 12.5. The van der Waals surface area contributed by atoms with E-state index < -0.39 is 0 Å². The molecule has 29 heavy (non-hydrogen) atoms. The summed E-state index contributed by atoms with van der Waals surface area (Å²) < 4.78 is 6.15. The van der Waals surface area contributed by atoms with E-state index in [1.165, 1.54) is 38.0 Å². The van der Waals surface area contributed by atoms with E-state index in [1.54, 1.807) is 0 Å². The van der Waals surface area contributed by atoms with Gasteiger partial charge in [-0.3, -0.25) is 9.89 Å². The summed E-state index contributed by atoms with van der Waals surface area (Å²) in [5.41, 5.74) is 1.38. The van der Waals surface area contributed by atoms with Crippen molar-refractivity contribution in [2.75, 3.05) is 59.0 Å². The summed E-state index contributed by atoms with van der Waals surface area (Å²) in [6, 6.07) is 11.2. The van der Waals surface area contributed by atoms with E-state index in [0.29, 0.717) is 6.04 Å². The fourth-order valence-corrected chi connectivity index (χ4v) is 4.86. The molecule has 1 aromatic carbocycles. The Morgan fingerprint density at radius 1 is 1.14 bits per heavy atom. The van der Waals surface area contributed by atoms with Crippen LogP contribution in [-0.4, -0.2) is 91.8 Å². The maximum absolute atomic E-state index is 6.15. The first-order valence-corrected chi connectivity index (χ1v) is 11.5. The number of guanidine groups is 1. The van der Waals surface area contributed by atoms with Crippen molar-refractivity contribution in [2.24, 2.45) is 4.99 Å². The van der Waals surface area contributed by atoms with Crippen LogP contribution in [0.5, 0.6) is 0 Å². The number of rotatable bonds is 7. The number of nitrogens with one attached hydrogen (secondary N) is 1. The number of nitrogens with zero attached hydrogens (tertiary/aromatic N) is 4. The van der Waals surface area contributed by atoms with Crippen LogP contribution in [0.25, 0.3) is 0 Å². The lowest BCUT2D eigenvalue weighted by Gasteiger charge is -2.36. The Bertz CT molecular complexity index is 646. The fraction of sp³-hybridized carbons (Fsp3) is 0.696. The van der Waals surface area contributed by atoms with Crippen LogP contribution >= 0.6 is 0 Å². The zero-order valence-corrected chi connectivity index (χ0v) is 17.9. The number of morpholine rings is 1. The molecule has 2 atom stereocenters. The van der Waals surface area contributed by atoms with Crippen molar-refractivity contribution >= 4 is 5.96 Å². The minimum absolute atomic E-state index is 0.279. The minimum Gasteiger partial charge on any atom is -0.373 e. The Labute approximate surface area is 175 Å². The molecule has 160 valence electrons. The van der Waals surface area contributed by atoms with Gasteiger partial charge in [-0.2, -0.15) is 0 Å². The number of benzene rings is 1. The maximum Gasteiger partial charge on any atom is 0.194 e. The van der Waals surface area contributed by atoms with Gasteiger partial charge in [0.05, 0.1) is 18.8 Å². The molecule has 2 unspecified atom stereocenters. The topological polar surface area (TPSA) is 43.3 Å². The first-order valence-electron chi connectivity index (χ1n) is 11.5. The van der Waals surface area contributed by atoms with Gasteiger partial charge in [0.1, 0.15) is 0 Å². The monoisotopic (exact) mass is 399 g/mol. The van der Waals surface area contributed by atoms with Crippen molar-refractivity contribution in [1.29, 1.82) is 0 Å². The van der Waals surface area contributed by atoms with Crippen molar-refractivity contribution in [3.63, 3.8) is 0 Å². The Kier molecular flexibility index (Phi) is 7.41. The van der Waals surface area contributed by atoms with Gasteiger partial charge >= 0.3 is 0 Å². The second kappa shape index (κ2) is 10.4. The molecule has 0 aliphatic carbocycles. The highest BCUT2D eigenvalue weighted by molar-refractivity contribution is 5.80. The Morgan fingerprint density at radius 2 is 1.97 bits per heavy atom. The lowest BCUT2D eigenvalue weighted by Crippen LogP contribution is -2.50. The van der Waals surface area contributed by atoms with E-state index in [2.05, 4.69) is 57.3 Å². The van der Waals surface area contributed by atoms with Crippen LogP contribution < -0.4 is 5.32 Å². The third kappa shape index (κ3) is 5.50. The summed E-state index contributed by atoms with van der Waals surface area (Å²) in [5.74, 6) is 1.06. The van der Waals surface area contributed by atoms with E-state index in [4.69, 9.17) is 9.73 Å². The van der Waals surface area contributed by atoms with E-state index >= 15 is 0 Å². The lowest BCUT2D eigenvalue weighted by atomic mass is 10.1. The molecule has 0 bridgehead atoms. The number of hydrogen-bond donors (Lipinski definition) is 1. The van der Waals surface area contributed by atoms with Crippen molar-refractivity contribution in [3.05, 3.63) is 35.9 Å². The molecule has 6 heteroatoms. The highest BCUT2D eigenvalue weighted by atomic mass is 16.5. The van der Waals surface area contributed by atoms with Gasteiger partial charge in [0.15, 0.2) is 5.96 Å². The van der Waals surface area contributed by atoms with Gasteiger partial charge in [0, 0.05) is 39.3 Å². The largest absolute Gasteiger partial charge is 0.373 e. The molecule has 3 heterocycles. The van der Waals surface area contributed by atoms with Crippen LogP contribution in [0.3, 0.4) is 0 Å². The van der Waals surface area contributed by atoms with Gasteiger partial charge in [0.2, 0.25) is 0 Å². The van der Waals surface area contributed by atoms with Gasteiger partial charge in [-0.05, 0) is 51.4 Å². The van der Waals surface area contributed by atoms with E-state index in [-0.39, 0.29) is 6.10 Å². The number of fused-ring (bicyclic) bond motifs is 1. The third-order valence-corrected chi connectivity index (χ3v) is 6.37. The molecular formula is C23H37N5O. The molecule has 0 saturated carbocycles. The van der Waals surface area contributed by atoms with E-state index in [1.807, 2.05) is 0 Å². The molecule has 0 amide bonds. The Hall–Kier alpha value is -1.63. The van der Waals surface area contributed by atoms with Gasteiger partial charge < -0.3 is 19.9 Å². The highest BCUT2D eigenvalue weighted by Gasteiger charge is 2.41. The van der Waals surface area contributed by atoms with Gasteiger partial charge in [-0.15, -0.1) is 0 Å². The lowest BCUT2D eigenvalue weighted by molar-refractivity contribution is -0.0502. The Balaban J connectivity index is 1.33. The molecule has 3 aliphatic rings. The zero-order chi connectivity index (χ0) is 19.9. The van der Waals surface area contributed by atoms with Crippen LogP contribution in [-0.2, 0) is 11.3 Å². The van der Waals surface area contributed by atoms with Gasteiger partial charge in [0.25, 0.3) is 0 Å². The quantitative estimate of drug-likeness (QED) is 0.432. The first kappa shape index (κ1) is 20.6. The summed E-state index contributed by atoms with van der Waals surface area (Å²) in [5, 5.41) is 3.52. The van der Waals surface area contributed by atoms with Crippen LogP contribution in [0, 0.1) is 0 Å². The molecule has 0 aromatic heterocycles. The molecule has 3 fully saturated rings. The van der Waals surface area contributed by atoms with Crippen molar-refractivity contribution in [1.82, 2.24) is 20.0 Å². The maximum atomic E-state index is 6.15. The second-order valence-corrected chi connectivity index (χ2v) is 8.48. The van der Waals surface area contributed by atoms with Crippen molar-refractivity contribution < 1.29 is 4.74 Å². The smallest absolute Gasteiger partial charge is 0.194 e. The summed E-state index contributed by atoms with van der Waals surface area (Å²) in [7, 11) is 0. The Morgan fingerprint density at radius 3 is 2.76 bits per heavy atom. The van der Waals surface area contributed by atoms with Crippen molar-refractivity contribution in [3.8, 4) is 0 Å². The standard InChI is InChI=1S/C23H37N5O/c1-2-24-23(25-11-8-14-26-12-6-7-13-26)28-18-21-22(19-28)29-16-15-27(21)17-20-9-4-3-5-10-20/h3-5,9-10,21-22H,2,6-8,11-19H2,1H3,(H,24,25). The third-order valence-electron chi connectivity index (χ3n) is 6.37. The summed E-state index contributed by atoms with van der Waals surface area (Å²) in [6.07, 6.45) is 4.15. The molecule has 0 spiro atoms. The van der Waals surface area contributed by atoms with Crippen LogP contribution in [0.1, 0.15) is 31.7 Å². The minimum atomic E-state index is 0.279. The predicted octanol–water partition coefficient (Wildman–Crippen LogP) is 2.02. The molecule has 0 radical (unpaired) electrons. The zero-order valence-electron chi connectivity index (χ0n) is 17.9. The predicted molar refractivity (Wildman–Crippen MR) is 118 cm³/mol. The average molecular weight is 400 g/mol.